The highest BCUT2D eigenvalue weighted by Gasteiger charge is 2.35. The zero-order valence-corrected chi connectivity index (χ0v) is 18.4. The van der Waals surface area contributed by atoms with Crippen LogP contribution in [0.2, 0.25) is 0 Å². The van der Waals surface area contributed by atoms with Crippen LogP contribution in [0.15, 0.2) is 53.0 Å². The Kier molecular flexibility index (Phi) is 7.95. The van der Waals surface area contributed by atoms with E-state index in [1.807, 2.05) is 43.3 Å². The Morgan fingerprint density at radius 2 is 1.83 bits per heavy atom. The summed E-state index contributed by atoms with van der Waals surface area (Å²) in [5.74, 6) is 1.48. The van der Waals surface area contributed by atoms with Crippen molar-refractivity contribution >= 4 is 21.8 Å². The molecule has 3 rings (SSSR count). The quantitative estimate of drug-likeness (QED) is 0.543. The standard InChI is InChI=1S/C23H28BrNO4/c1-2-28-20-9-3-4-10-21(20)29-14-6-11-22(26)25-23(12-15-27-16-13-23)18-7-5-8-19(24)17-18/h3-5,7-10,17H,2,6,11-16H2,1H3,(H,25,26). The van der Waals surface area contributed by atoms with Crippen LogP contribution in [0.3, 0.4) is 0 Å². The molecule has 1 fully saturated rings. The highest BCUT2D eigenvalue weighted by molar-refractivity contribution is 9.10. The summed E-state index contributed by atoms with van der Waals surface area (Å²) in [5.41, 5.74) is 0.743. The maximum Gasteiger partial charge on any atom is 0.220 e. The number of rotatable bonds is 9. The van der Waals surface area contributed by atoms with Gasteiger partial charge in [-0.3, -0.25) is 4.79 Å². The molecule has 6 heteroatoms. The highest BCUT2D eigenvalue weighted by Crippen LogP contribution is 2.33. The van der Waals surface area contributed by atoms with E-state index < -0.39 is 0 Å². The third-order valence-electron chi connectivity index (χ3n) is 5.06. The summed E-state index contributed by atoms with van der Waals surface area (Å²) in [7, 11) is 0. The van der Waals surface area contributed by atoms with Gasteiger partial charge in [0.25, 0.3) is 0 Å². The molecule has 1 aliphatic rings. The molecule has 2 aromatic rings. The number of ether oxygens (including phenoxy) is 3. The first-order valence-corrected chi connectivity index (χ1v) is 10.9. The lowest BCUT2D eigenvalue weighted by atomic mass is 9.82. The van der Waals surface area contributed by atoms with Crippen LogP contribution in [0.25, 0.3) is 0 Å². The van der Waals surface area contributed by atoms with Crippen LogP contribution in [0.5, 0.6) is 11.5 Å². The van der Waals surface area contributed by atoms with Crippen molar-refractivity contribution in [3.05, 3.63) is 58.6 Å². The summed E-state index contributed by atoms with van der Waals surface area (Å²) in [6.45, 7) is 4.28. The van der Waals surface area contributed by atoms with Gasteiger partial charge in [-0.2, -0.15) is 0 Å². The van der Waals surface area contributed by atoms with E-state index >= 15 is 0 Å². The molecule has 29 heavy (non-hydrogen) atoms. The normalized spacial score (nSPS) is 15.5. The molecule has 5 nitrogen and oxygen atoms in total. The van der Waals surface area contributed by atoms with E-state index in [1.54, 1.807) is 0 Å². The zero-order chi connectivity index (χ0) is 20.5. The van der Waals surface area contributed by atoms with Crippen LogP contribution in [0.1, 0.15) is 38.2 Å². The molecule has 0 radical (unpaired) electrons. The van der Waals surface area contributed by atoms with E-state index in [1.165, 1.54) is 0 Å². The summed E-state index contributed by atoms with van der Waals surface area (Å²) >= 11 is 3.54. The lowest BCUT2D eigenvalue weighted by Crippen LogP contribution is -2.49. The maximum absolute atomic E-state index is 12.7. The van der Waals surface area contributed by atoms with E-state index in [0.717, 1.165) is 28.6 Å². The van der Waals surface area contributed by atoms with E-state index in [4.69, 9.17) is 14.2 Å². The number of hydrogen-bond acceptors (Lipinski definition) is 4. The molecule has 0 bridgehead atoms. The van der Waals surface area contributed by atoms with Crippen LogP contribution in [-0.2, 0) is 15.1 Å². The van der Waals surface area contributed by atoms with Gasteiger partial charge in [0.1, 0.15) is 0 Å². The molecular weight excluding hydrogens is 434 g/mol. The summed E-state index contributed by atoms with van der Waals surface area (Å²) in [6.07, 6.45) is 2.59. The fourth-order valence-electron chi connectivity index (χ4n) is 3.58. The largest absolute Gasteiger partial charge is 0.490 e. The summed E-state index contributed by atoms with van der Waals surface area (Å²) in [5, 5.41) is 3.29. The van der Waals surface area contributed by atoms with Crippen molar-refractivity contribution in [3.63, 3.8) is 0 Å². The Hall–Kier alpha value is -2.05. The minimum atomic E-state index is -0.373. The Morgan fingerprint density at radius 3 is 2.52 bits per heavy atom. The van der Waals surface area contributed by atoms with Crippen molar-refractivity contribution in [1.82, 2.24) is 5.32 Å². The van der Waals surface area contributed by atoms with E-state index in [9.17, 15) is 4.79 Å². The van der Waals surface area contributed by atoms with Gasteiger partial charge in [0.05, 0.1) is 18.8 Å². The average Bonchev–Trinajstić information content (AvgIpc) is 2.73. The first-order valence-electron chi connectivity index (χ1n) is 10.1. The molecule has 0 saturated carbocycles. The topological polar surface area (TPSA) is 56.8 Å². The van der Waals surface area contributed by atoms with Gasteiger partial charge in [0.15, 0.2) is 11.5 Å². The number of halogens is 1. The smallest absolute Gasteiger partial charge is 0.220 e. The molecule has 0 aromatic heterocycles. The number of carbonyl (C=O) groups is 1. The molecule has 1 saturated heterocycles. The SMILES string of the molecule is CCOc1ccccc1OCCCC(=O)NC1(c2cccc(Br)c2)CCOCC1. The van der Waals surface area contributed by atoms with Crippen molar-refractivity contribution in [2.75, 3.05) is 26.4 Å². The monoisotopic (exact) mass is 461 g/mol. The van der Waals surface area contributed by atoms with E-state index in [0.29, 0.717) is 45.0 Å². The fraction of sp³-hybridized carbons (Fsp3) is 0.435. The first kappa shape index (κ1) is 21.7. The molecule has 1 N–H and O–H groups in total. The molecule has 1 heterocycles. The first-order chi connectivity index (χ1) is 14.1. The highest BCUT2D eigenvalue weighted by atomic mass is 79.9. The third kappa shape index (κ3) is 5.97. The molecule has 1 amide bonds. The van der Waals surface area contributed by atoms with Gasteiger partial charge in [-0.1, -0.05) is 40.2 Å². The van der Waals surface area contributed by atoms with Gasteiger partial charge in [-0.15, -0.1) is 0 Å². The third-order valence-corrected chi connectivity index (χ3v) is 5.55. The Balaban J connectivity index is 1.55. The second kappa shape index (κ2) is 10.6. The minimum Gasteiger partial charge on any atom is -0.490 e. The maximum atomic E-state index is 12.7. The molecule has 0 aliphatic carbocycles. The van der Waals surface area contributed by atoms with Gasteiger partial charge in [-0.05, 0) is 56.0 Å². The van der Waals surface area contributed by atoms with Crippen molar-refractivity contribution in [3.8, 4) is 11.5 Å². The lowest BCUT2D eigenvalue weighted by Gasteiger charge is -2.38. The van der Waals surface area contributed by atoms with Crippen molar-refractivity contribution in [2.24, 2.45) is 0 Å². The molecule has 0 unspecified atom stereocenters. The van der Waals surface area contributed by atoms with Crippen molar-refractivity contribution in [2.45, 2.75) is 38.1 Å². The molecule has 0 spiro atoms. The number of carbonyl (C=O) groups excluding carboxylic acids is 1. The number of benzene rings is 2. The Labute approximate surface area is 180 Å². The second-order valence-corrected chi connectivity index (χ2v) is 8.00. The van der Waals surface area contributed by atoms with Crippen LogP contribution < -0.4 is 14.8 Å². The van der Waals surface area contributed by atoms with Crippen LogP contribution in [-0.4, -0.2) is 32.3 Å². The zero-order valence-electron chi connectivity index (χ0n) is 16.8. The van der Waals surface area contributed by atoms with Crippen LogP contribution in [0, 0.1) is 0 Å². The average molecular weight is 462 g/mol. The van der Waals surface area contributed by atoms with E-state index in [2.05, 4.69) is 33.4 Å². The van der Waals surface area contributed by atoms with Gasteiger partial charge in [0, 0.05) is 24.1 Å². The molecule has 156 valence electrons. The van der Waals surface area contributed by atoms with Gasteiger partial charge in [0.2, 0.25) is 5.91 Å². The fourth-order valence-corrected chi connectivity index (χ4v) is 3.98. The molecule has 1 aliphatic heterocycles. The van der Waals surface area contributed by atoms with Crippen molar-refractivity contribution in [1.29, 1.82) is 0 Å². The predicted molar refractivity (Wildman–Crippen MR) is 116 cm³/mol. The lowest BCUT2D eigenvalue weighted by molar-refractivity contribution is -0.124. The predicted octanol–water partition coefficient (Wildman–Crippen LogP) is 4.83. The Morgan fingerprint density at radius 1 is 1.10 bits per heavy atom. The molecule has 2 aromatic carbocycles. The summed E-state index contributed by atoms with van der Waals surface area (Å²) in [6, 6.07) is 15.8. The van der Waals surface area contributed by atoms with Crippen molar-refractivity contribution < 1.29 is 19.0 Å². The number of hydrogen-bond donors (Lipinski definition) is 1. The number of para-hydroxylation sites is 2. The van der Waals surface area contributed by atoms with Crippen LogP contribution >= 0.6 is 15.9 Å². The number of nitrogens with one attached hydrogen (secondary N) is 1. The van der Waals surface area contributed by atoms with Gasteiger partial charge >= 0.3 is 0 Å². The van der Waals surface area contributed by atoms with E-state index in [-0.39, 0.29) is 11.4 Å². The van der Waals surface area contributed by atoms with Gasteiger partial charge in [-0.25, -0.2) is 0 Å². The van der Waals surface area contributed by atoms with Crippen LogP contribution in [0.4, 0.5) is 0 Å². The number of amides is 1. The summed E-state index contributed by atoms with van der Waals surface area (Å²) in [4.78, 5) is 12.7. The molecular formula is C23H28BrNO4. The summed E-state index contributed by atoms with van der Waals surface area (Å²) < 4.78 is 17.9. The Bertz CT molecular complexity index is 805. The second-order valence-electron chi connectivity index (χ2n) is 7.08. The minimum absolute atomic E-state index is 0.0357. The molecule has 0 atom stereocenters. The van der Waals surface area contributed by atoms with Gasteiger partial charge < -0.3 is 19.5 Å².